The third kappa shape index (κ3) is 5.77. The molecule has 1 rings (SSSR count). The van der Waals surface area contributed by atoms with Crippen LogP contribution in [-0.2, 0) is 14.3 Å². The van der Waals surface area contributed by atoms with Crippen molar-refractivity contribution in [3.8, 4) is 0 Å². The Balaban J connectivity index is 2.43. The number of methoxy groups -OCH3 is 1. The van der Waals surface area contributed by atoms with Crippen molar-refractivity contribution in [3.05, 3.63) is 16.5 Å². The number of hydrogen-bond acceptors (Lipinski definition) is 5. The van der Waals surface area contributed by atoms with Crippen molar-refractivity contribution >= 4 is 28.2 Å². The number of ether oxygens (including phenoxy) is 2. The van der Waals surface area contributed by atoms with Gasteiger partial charge in [0.05, 0.1) is 36.8 Å². The van der Waals surface area contributed by atoms with Crippen LogP contribution in [0.5, 0.6) is 0 Å². The fraction of sp³-hybridized carbons (Fsp3) is 0.625. The Morgan fingerprint density at radius 2 is 2.00 bits per heavy atom. The molecule has 1 unspecified atom stereocenters. The Kier molecular flexibility index (Phi) is 7.55. The smallest absolute Gasteiger partial charge is 0.339 e. The van der Waals surface area contributed by atoms with E-state index in [1.165, 1.54) is 18.4 Å². The predicted molar refractivity (Wildman–Crippen MR) is 88.5 cm³/mol. The van der Waals surface area contributed by atoms with Crippen LogP contribution in [-0.4, -0.2) is 31.7 Å². The van der Waals surface area contributed by atoms with E-state index in [-0.39, 0.29) is 18.0 Å². The summed E-state index contributed by atoms with van der Waals surface area (Å²) in [6, 6.07) is 0. The summed E-state index contributed by atoms with van der Waals surface area (Å²) < 4.78 is 10.3. The topological polar surface area (TPSA) is 64.6 Å². The van der Waals surface area contributed by atoms with Crippen molar-refractivity contribution in [2.45, 2.75) is 46.6 Å². The van der Waals surface area contributed by atoms with Crippen molar-refractivity contribution in [2.24, 2.45) is 5.92 Å². The Morgan fingerprint density at radius 1 is 1.32 bits per heavy atom. The molecule has 1 aromatic heterocycles. The monoisotopic (exact) mass is 327 g/mol. The van der Waals surface area contributed by atoms with Crippen LogP contribution in [0.4, 0.5) is 5.00 Å². The lowest BCUT2D eigenvalue weighted by atomic mass is 10.1. The van der Waals surface area contributed by atoms with Gasteiger partial charge in [-0.2, -0.15) is 0 Å². The number of rotatable bonds is 8. The molecule has 0 saturated carbocycles. The molecule has 0 aliphatic rings. The highest BCUT2D eigenvalue weighted by molar-refractivity contribution is 7.14. The largest absolute Gasteiger partial charge is 0.465 e. The maximum Gasteiger partial charge on any atom is 0.339 e. The second-order valence-corrected chi connectivity index (χ2v) is 6.58. The molecule has 1 N–H and O–H groups in total. The number of carbonyl (C=O) groups excluding carboxylic acids is 2. The highest BCUT2D eigenvalue weighted by atomic mass is 32.1. The molecule has 22 heavy (non-hydrogen) atoms. The Labute approximate surface area is 136 Å². The summed E-state index contributed by atoms with van der Waals surface area (Å²) in [4.78, 5) is 23.4. The summed E-state index contributed by atoms with van der Waals surface area (Å²) in [5.41, 5.74) is 1.23. The molecule has 0 saturated heterocycles. The second-order valence-electron chi connectivity index (χ2n) is 5.70. The van der Waals surface area contributed by atoms with Crippen LogP contribution >= 0.6 is 11.3 Å². The lowest BCUT2D eigenvalue weighted by Crippen LogP contribution is -2.18. The van der Waals surface area contributed by atoms with E-state index in [4.69, 9.17) is 9.47 Å². The first-order chi connectivity index (χ1) is 10.3. The molecule has 0 fully saturated rings. The molecule has 5 nitrogen and oxygen atoms in total. The predicted octanol–water partition coefficient (Wildman–Crippen LogP) is 3.62. The molecule has 124 valence electrons. The average Bonchev–Trinajstić information content (AvgIpc) is 2.78. The fourth-order valence-corrected chi connectivity index (χ4v) is 3.09. The first kappa shape index (κ1) is 18.6. The summed E-state index contributed by atoms with van der Waals surface area (Å²) in [7, 11) is 1.34. The Morgan fingerprint density at radius 3 is 2.59 bits per heavy atom. The van der Waals surface area contributed by atoms with Gasteiger partial charge in [-0.3, -0.25) is 4.79 Å². The van der Waals surface area contributed by atoms with Crippen molar-refractivity contribution in [1.82, 2.24) is 0 Å². The van der Waals surface area contributed by atoms with Gasteiger partial charge in [-0.1, -0.05) is 13.8 Å². The second kappa shape index (κ2) is 8.90. The number of anilines is 1. The number of nitrogens with one attached hydrogen (secondary N) is 1. The molecule has 0 spiro atoms. The molecule has 0 radical (unpaired) electrons. The first-order valence-corrected chi connectivity index (χ1v) is 8.31. The quantitative estimate of drug-likeness (QED) is 0.741. The van der Waals surface area contributed by atoms with E-state index in [2.05, 4.69) is 19.2 Å². The molecule has 1 heterocycles. The maximum atomic E-state index is 11.9. The minimum atomic E-state index is -0.389. The molecule has 1 atom stereocenters. The van der Waals surface area contributed by atoms with E-state index in [0.717, 1.165) is 12.0 Å². The van der Waals surface area contributed by atoms with Gasteiger partial charge in [0.25, 0.3) is 0 Å². The highest BCUT2D eigenvalue weighted by Gasteiger charge is 2.16. The molecular weight excluding hydrogens is 302 g/mol. The van der Waals surface area contributed by atoms with Crippen molar-refractivity contribution in [2.75, 3.05) is 19.0 Å². The van der Waals surface area contributed by atoms with Crippen LogP contribution in [0.2, 0.25) is 0 Å². The third-order valence-electron chi connectivity index (χ3n) is 3.23. The molecule has 0 bridgehead atoms. The zero-order chi connectivity index (χ0) is 16.7. The summed E-state index contributed by atoms with van der Waals surface area (Å²) in [5, 5.41) is 5.19. The van der Waals surface area contributed by atoms with Gasteiger partial charge in [0.2, 0.25) is 5.91 Å². The van der Waals surface area contributed by atoms with Gasteiger partial charge in [-0.15, -0.1) is 11.3 Å². The van der Waals surface area contributed by atoms with E-state index in [1.807, 2.05) is 6.92 Å². The average molecular weight is 327 g/mol. The first-order valence-electron chi connectivity index (χ1n) is 7.43. The molecule has 0 aliphatic heterocycles. The molecule has 0 aliphatic carbocycles. The molecule has 6 heteroatoms. The van der Waals surface area contributed by atoms with Crippen LogP contribution in [0.15, 0.2) is 5.38 Å². The van der Waals surface area contributed by atoms with E-state index in [9.17, 15) is 9.59 Å². The minimum absolute atomic E-state index is 0.113. The molecule has 0 aromatic carbocycles. The van der Waals surface area contributed by atoms with Crippen LogP contribution in [0.1, 0.15) is 49.5 Å². The number of hydrogen-bond donors (Lipinski definition) is 1. The highest BCUT2D eigenvalue weighted by Crippen LogP contribution is 2.27. The SMILES string of the molecule is COC(=O)c1csc(NC(=O)CCOC(C)CC(C)C)c1C. The van der Waals surface area contributed by atoms with Gasteiger partial charge in [-0.05, 0) is 31.7 Å². The van der Waals surface area contributed by atoms with Gasteiger partial charge in [0, 0.05) is 5.38 Å². The maximum absolute atomic E-state index is 11.9. The van der Waals surface area contributed by atoms with Crippen LogP contribution in [0.25, 0.3) is 0 Å². The van der Waals surface area contributed by atoms with Gasteiger partial charge in [0.1, 0.15) is 0 Å². The van der Waals surface area contributed by atoms with Gasteiger partial charge in [0.15, 0.2) is 0 Å². The summed E-state index contributed by atoms with van der Waals surface area (Å²) in [5.74, 6) is 0.0764. The summed E-state index contributed by atoms with van der Waals surface area (Å²) in [6.45, 7) is 8.49. The van der Waals surface area contributed by atoms with E-state index in [1.54, 1.807) is 12.3 Å². The zero-order valence-corrected chi connectivity index (χ0v) is 14.7. The normalized spacial score (nSPS) is 12.3. The number of amides is 1. The number of thiophene rings is 1. The van der Waals surface area contributed by atoms with E-state index >= 15 is 0 Å². The minimum Gasteiger partial charge on any atom is -0.465 e. The van der Waals surface area contributed by atoms with E-state index in [0.29, 0.717) is 29.5 Å². The van der Waals surface area contributed by atoms with Crippen molar-refractivity contribution in [1.29, 1.82) is 0 Å². The summed E-state index contributed by atoms with van der Waals surface area (Å²) in [6.07, 6.45) is 1.43. The van der Waals surface area contributed by atoms with Crippen LogP contribution < -0.4 is 5.32 Å². The van der Waals surface area contributed by atoms with E-state index < -0.39 is 0 Å². The lowest BCUT2D eigenvalue weighted by molar-refractivity contribution is -0.117. The van der Waals surface area contributed by atoms with Gasteiger partial charge < -0.3 is 14.8 Å². The van der Waals surface area contributed by atoms with Gasteiger partial charge in [-0.25, -0.2) is 4.79 Å². The lowest BCUT2D eigenvalue weighted by Gasteiger charge is -2.14. The van der Waals surface area contributed by atoms with Crippen LogP contribution in [0.3, 0.4) is 0 Å². The van der Waals surface area contributed by atoms with Gasteiger partial charge >= 0.3 is 5.97 Å². The molecule has 1 amide bonds. The van der Waals surface area contributed by atoms with Crippen molar-refractivity contribution < 1.29 is 19.1 Å². The fourth-order valence-electron chi connectivity index (χ4n) is 2.13. The summed E-state index contributed by atoms with van der Waals surface area (Å²) >= 11 is 1.32. The molecular formula is C16H25NO4S. The number of carbonyl (C=O) groups is 2. The van der Waals surface area contributed by atoms with Crippen molar-refractivity contribution in [3.63, 3.8) is 0 Å². The Bertz CT molecular complexity index is 510. The number of esters is 1. The Hall–Kier alpha value is -1.40. The molecule has 1 aromatic rings. The van der Waals surface area contributed by atoms with Crippen LogP contribution in [0, 0.1) is 12.8 Å². The third-order valence-corrected chi connectivity index (χ3v) is 4.23. The standard InChI is InChI=1S/C16H25NO4S/c1-10(2)8-11(3)21-7-6-14(18)17-15-12(4)13(9-22-15)16(19)20-5/h9-11H,6-8H2,1-5H3,(H,17,18). The zero-order valence-electron chi connectivity index (χ0n) is 13.9.